The zero-order valence-electron chi connectivity index (χ0n) is 5.00. The van der Waals surface area contributed by atoms with Crippen LogP contribution in [0.5, 0.6) is 0 Å². The number of H-pyrrole nitrogens is 1. The normalized spacial score (nSPS) is 10.4. The Hall–Kier alpha value is -0.861. The van der Waals surface area contributed by atoms with E-state index in [4.69, 9.17) is 0 Å². The molecule has 0 aliphatic carbocycles. The Morgan fingerprint density at radius 1 is 1.60 bits per heavy atom. The Morgan fingerprint density at radius 3 is 3.30 bits per heavy atom. The van der Waals surface area contributed by atoms with E-state index in [9.17, 15) is 4.79 Å². The quantitative estimate of drug-likeness (QED) is 0.606. The van der Waals surface area contributed by atoms with Gasteiger partial charge in [-0.25, -0.2) is 0 Å². The summed E-state index contributed by atoms with van der Waals surface area (Å²) in [5, 5.41) is 0.738. The Kier molecular flexibility index (Phi) is 1.22. The van der Waals surface area contributed by atoms with E-state index in [1.54, 1.807) is 18.3 Å². The van der Waals surface area contributed by atoms with E-state index >= 15 is 0 Å². The molecule has 0 unspecified atom stereocenters. The molecule has 0 amide bonds. The molecule has 4 heteroatoms. The third-order valence-electron chi connectivity index (χ3n) is 1.26. The summed E-state index contributed by atoms with van der Waals surface area (Å²) in [7, 11) is 0. The van der Waals surface area contributed by atoms with Gasteiger partial charge in [0.2, 0.25) is 0 Å². The zero-order chi connectivity index (χ0) is 6.97. The second-order valence-electron chi connectivity index (χ2n) is 1.89. The van der Waals surface area contributed by atoms with Crippen molar-refractivity contribution in [3.63, 3.8) is 0 Å². The van der Waals surface area contributed by atoms with Crippen LogP contribution in [0.3, 0.4) is 0 Å². The molecule has 2 aromatic heterocycles. The van der Waals surface area contributed by atoms with Crippen molar-refractivity contribution in [1.29, 1.82) is 0 Å². The summed E-state index contributed by atoms with van der Waals surface area (Å²) in [6.07, 6.45) is 1.71. The van der Waals surface area contributed by atoms with Gasteiger partial charge in [0, 0.05) is 0 Å². The number of fused-ring (bicyclic) bond motifs is 1. The van der Waals surface area contributed by atoms with Crippen molar-refractivity contribution in [3.05, 3.63) is 28.7 Å². The van der Waals surface area contributed by atoms with Gasteiger partial charge in [-0.15, -0.1) is 0 Å². The van der Waals surface area contributed by atoms with Gasteiger partial charge >= 0.3 is 62.2 Å². The second-order valence-corrected chi connectivity index (χ2v) is 3.56. The first-order valence-corrected chi connectivity index (χ1v) is 4.51. The van der Waals surface area contributed by atoms with Crippen LogP contribution < -0.4 is 5.56 Å². The summed E-state index contributed by atoms with van der Waals surface area (Å²) in [5.74, 6) is 0. The van der Waals surface area contributed by atoms with Crippen molar-refractivity contribution in [2.24, 2.45) is 0 Å². The number of pyridine rings is 1. The van der Waals surface area contributed by atoms with Crippen molar-refractivity contribution in [3.8, 4) is 0 Å². The molecule has 2 rings (SSSR count). The summed E-state index contributed by atoms with van der Waals surface area (Å²) >= 11 is 0.0632. The predicted octanol–water partition coefficient (Wildman–Crippen LogP) is -0.0199. The topological polar surface area (TPSA) is 45.8 Å². The minimum atomic E-state index is 0.0168. The van der Waals surface area contributed by atoms with Crippen molar-refractivity contribution in [1.82, 2.24) is 8.96 Å². The van der Waals surface area contributed by atoms with Gasteiger partial charge in [-0.05, 0) is 0 Å². The third-order valence-corrected chi connectivity index (χ3v) is 2.95. The van der Waals surface area contributed by atoms with Crippen LogP contribution in [0.25, 0.3) is 9.78 Å². The Labute approximate surface area is 62.7 Å². The average Bonchev–Trinajstić information content (AvgIpc) is 2.34. The molecule has 3 nitrogen and oxygen atoms in total. The van der Waals surface area contributed by atoms with E-state index in [0.29, 0.717) is 0 Å². The summed E-state index contributed by atoms with van der Waals surface area (Å²) in [6.45, 7) is 0. The average molecular weight is 199 g/mol. The van der Waals surface area contributed by atoms with Crippen LogP contribution >= 0.6 is 0 Å². The van der Waals surface area contributed by atoms with Gasteiger partial charge in [-0.2, -0.15) is 0 Å². The second kappa shape index (κ2) is 2.08. The Bertz CT molecular complexity index is 403. The van der Waals surface area contributed by atoms with Crippen LogP contribution in [-0.2, 0) is 0 Å². The van der Waals surface area contributed by atoms with Crippen LogP contribution in [0.1, 0.15) is 0 Å². The van der Waals surface area contributed by atoms with Gasteiger partial charge in [0.05, 0.1) is 0 Å². The van der Waals surface area contributed by atoms with E-state index in [0.717, 1.165) is 9.78 Å². The zero-order valence-corrected chi connectivity index (χ0v) is 6.71. The maximum atomic E-state index is 10.9. The Morgan fingerprint density at radius 2 is 2.50 bits per heavy atom. The predicted molar refractivity (Wildman–Crippen MR) is 39.3 cm³/mol. The monoisotopic (exact) mass is 200 g/mol. The minimum absolute atomic E-state index is 0.0168. The van der Waals surface area contributed by atoms with Gasteiger partial charge in [-0.1, -0.05) is 0 Å². The molecule has 1 N–H and O–H groups in total. The SMILES string of the molecule is O=c1[nH][se]c2ncccc12. The van der Waals surface area contributed by atoms with Crippen molar-refractivity contribution in [2.75, 3.05) is 0 Å². The van der Waals surface area contributed by atoms with Crippen molar-refractivity contribution < 1.29 is 0 Å². The fourth-order valence-corrected chi connectivity index (χ4v) is 2.23. The van der Waals surface area contributed by atoms with Gasteiger partial charge < -0.3 is 0 Å². The summed E-state index contributed by atoms with van der Waals surface area (Å²) in [4.78, 5) is 15.0. The summed E-state index contributed by atoms with van der Waals surface area (Å²) in [5.41, 5.74) is 0.0168. The molecule has 2 aromatic rings. The number of aromatic nitrogens is 2. The van der Waals surface area contributed by atoms with Crippen molar-refractivity contribution in [2.45, 2.75) is 0 Å². The number of aromatic amines is 1. The molecular weight excluding hydrogens is 195 g/mol. The number of rotatable bonds is 0. The fourth-order valence-electron chi connectivity index (χ4n) is 0.795. The molecule has 0 spiro atoms. The first kappa shape index (κ1) is 5.89. The summed E-state index contributed by atoms with van der Waals surface area (Å²) in [6, 6.07) is 3.58. The van der Waals surface area contributed by atoms with E-state index in [1.807, 2.05) is 0 Å². The molecule has 0 saturated heterocycles. The van der Waals surface area contributed by atoms with E-state index < -0.39 is 0 Å². The first-order valence-electron chi connectivity index (χ1n) is 2.80. The van der Waals surface area contributed by atoms with E-state index in [2.05, 4.69) is 8.96 Å². The molecule has 0 atom stereocenters. The molecule has 0 aromatic carbocycles. The molecule has 0 saturated carbocycles. The first-order chi connectivity index (χ1) is 4.88. The summed E-state index contributed by atoms with van der Waals surface area (Å²) < 4.78 is 3.66. The molecule has 50 valence electrons. The molecule has 0 aliphatic rings. The third kappa shape index (κ3) is 0.735. The number of nitrogens with one attached hydrogen (secondary N) is 1. The molecule has 0 bridgehead atoms. The van der Waals surface area contributed by atoms with Crippen LogP contribution in [0.15, 0.2) is 23.1 Å². The van der Waals surface area contributed by atoms with Crippen LogP contribution in [0.4, 0.5) is 0 Å². The van der Waals surface area contributed by atoms with Crippen LogP contribution in [-0.4, -0.2) is 23.7 Å². The molecule has 0 fully saturated rings. The van der Waals surface area contributed by atoms with E-state index in [-0.39, 0.29) is 20.3 Å². The van der Waals surface area contributed by atoms with Crippen LogP contribution in [0.2, 0.25) is 0 Å². The van der Waals surface area contributed by atoms with E-state index in [1.165, 1.54) is 0 Å². The van der Waals surface area contributed by atoms with Gasteiger partial charge in [0.15, 0.2) is 0 Å². The maximum absolute atomic E-state index is 10.9. The van der Waals surface area contributed by atoms with Crippen LogP contribution in [0, 0.1) is 0 Å². The van der Waals surface area contributed by atoms with Gasteiger partial charge in [-0.3, -0.25) is 0 Å². The number of hydrogen-bond donors (Lipinski definition) is 1. The standard InChI is InChI=1S/C6H4N2OSe/c9-5-4-2-1-3-7-6(4)10-8-5/h1-3H,(H,8,9). The Balaban J connectivity index is 3.07. The molecular formula is C6H4N2OSe. The molecule has 2 heterocycles. The number of nitrogens with zero attached hydrogens (tertiary/aromatic N) is 1. The van der Waals surface area contributed by atoms with Gasteiger partial charge in [0.1, 0.15) is 0 Å². The van der Waals surface area contributed by atoms with Gasteiger partial charge in [0.25, 0.3) is 0 Å². The van der Waals surface area contributed by atoms with Crippen molar-refractivity contribution >= 4 is 24.5 Å². The number of hydrogen-bond acceptors (Lipinski definition) is 2. The molecule has 10 heavy (non-hydrogen) atoms. The molecule has 0 aliphatic heterocycles. The fraction of sp³-hybridized carbons (Fsp3) is 0. The molecule has 0 radical (unpaired) electrons.